The fourth-order valence-electron chi connectivity index (χ4n) is 4.80. The van der Waals surface area contributed by atoms with Crippen molar-refractivity contribution in [3.05, 3.63) is 75.6 Å². The van der Waals surface area contributed by atoms with Crippen LogP contribution in [0.2, 0.25) is 5.02 Å². The van der Waals surface area contributed by atoms with Gasteiger partial charge in [-0.15, -0.1) is 0 Å². The molecule has 1 aliphatic heterocycles. The minimum Gasteiger partial charge on any atom is -0.489 e. The third-order valence-corrected chi connectivity index (χ3v) is 8.12. The molecule has 3 heterocycles. The van der Waals surface area contributed by atoms with Gasteiger partial charge < -0.3 is 24.3 Å². The molecule has 2 aromatic carbocycles. The van der Waals surface area contributed by atoms with Crippen LogP contribution in [0, 0.1) is 23.4 Å². The maximum absolute atomic E-state index is 14.5. The molecule has 0 saturated carbocycles. The van der Waals surface area contributed by atoms with Gasteiger partial charge in [-0.2, -0.15) is 0 Å². The Morgan fingerprint density at radius 2 is 1.65 bits per heavy atom. The zero-order chi connectivity index (χ0) is 31.9. The Kier molecular flexibility index (Phi) is 9.51. The average molecular weight is 618 g/mol. The lowest BCUT2D eigenvalue weighted by Gasteiger charge is -2.32. The van der Waals surface area contributed by atoms with E-state index >= 15 is 0 Å². The first-order valence-electron chi connectivity index (χ1n) is 14.0. The summed E-state index contributed by atoms with van der Waals surface area (Å²) in [5, 5.41) is 1.53. The monoisotopic (exact) mass is 617 g/mol. The number of aromatic nitrogens is 2. The van der Waals surface area contributed by atoms with Crippen molar-refractivity contribution in [3.63, 3.8) is 0 Å². The van der Waals surface area contributed by atoms with Gasteiger partial charge >= 0.3 is 7.12 Å². The van der Waals surface area contributed by atoms with Crippen molar-refractivity contribution in [3.8, 4) is 5.75 Å². The van der Waals surface area contributed by atoms with E-state index in [-0.39, 0.29) is 34.4 Å². The molecule has 0 unspecified atom stereocenters. The van der Waals surface area contributed by atoms with E-state index in [9.17, 15) is 18.0 Å². The summed E-state index contributed by atoms with van der Waals surface area (Å²) < 4.78 is 60.1. The summed E-state index contributed by atoms with van der Waals surface area (Å²) in [5.74, 6) is -1.25. The van der Waals surface area contributed by atoms with Gasteiger partial charge in [0.2, 0.25) is 0 Å². The smallest absolute Gasteiger partial charge is 0.489 e. The summed E-state index contributed by atoms with van der Waals surface area (Å²) in [6.45, 7) is 11.8. The SMILES string of the molecule is CC(C)C[C@H](N)COc1cc2c(cc1F)c1ccncc1c(=O)n2C.CC1(C)OB(c2cc(F)c(Cl)cc2F)OC1(C)C. The second-order valence-electron chi connectivity index (χ2n) is 12.2. The molecule has 0 bridgehead atoms. The highest BCUT2D eigenvalue weighted by Gasteiger charge is 2.52. The van der Waals surface area contributed by atoms with Gasteiger partial charge in [-0.3, -0.25) is 9.78 Å². The van der Waals surface area contributed by atoms with Crippen LogP contribution in [0.15, 0.2) is 47.5 Å². The van der Waals surface area contributed by atoms with Crippen molar-refractivity contribution in [2.24, 2.45) is 18.7 Å². The van der Waals surface area contributed by atoms with Gasteiger partial charge in [0.15, 0.2) is 11.6 Å². The van der Waals surface area contributed by atoms with E-state index in [4.69, 9.17) is 31.4 Å². The third kappa shape index (κ3) is 6.85. The van der Waals surface area contributed by atoms with Crippen LogP contribution in [0.25, 0.3) is 21.7 Å². The second kappa shape index (κ2) is 12.5. The molecule has 1 saturated heterocycles. The zero-order valence-electron chi connectivity index (χ0n) is 25.3. The minimum atomic E-state index is -0.929. The summed E-state index contributed by atoms with van der Waals surface area (Å²) in [6, 6.07) is 6.46. The van der Waals surface area contributed by atoms with Crippen molar-refractivity contribution in [2.75, 3.05) is 6.61 Å². The van der Waals surface area contributed by atoms with Crippen molar-refractivity contribution < 1.29 is 27.2 Å². The highest BCUT2D eigenvalue weighted by Crippen LogP contribution is 2.37. The van der Waals surface area contributed by atoms with Crippen LogP contribution >= 0.6 is 11.6 Å². The Bertz CT molecular complexity index is 1700. The standard InChI is InChI=1S/C19H22FN3O2.C12H14BClF2O2/c1-11(2)6-12(21)10-25-18-8-17-14(7-16(18)20)13-4-5-22-9-15(13)19(24)23(17)3;1-11(2)12(3,4)18-13(17-11)7-5-10(16)8(14)6-9(7)15/h4-5,7-9,11-12H,6,10,21H2,1-3H3;5-6H,1-4H3/t12-;/m0./s1. The van der Waals surface area contributed by atoms with Gasteiger partial charge in [0.25, 0.3) is 5.56 Å². The number of fused-ring (bicyclic) bond motifs is 3. The maximum Gasteiger partial charge on any atom is 0.497 e. The van der Waals surface area contributed by atoms with Gasteiger partial charge in [0, 0.05) is 42.4 Å². The van der Waals surface area contributed by atoms with E-state index in [0.29, 0.717) is 27.6 Å². The lowest BCUT2D eigenvalue weighted by atomic mass is 9.78. The molecule has 230 valence electrons. The molecule has 7 nitrogen and oxygen atoms in total. The summed E-state index contributed by atoms with van der Waals surface area (Å²) in [5.41, 5.74) is 5.27. The third-order valence-electron chi connectivity index (χ3n) is 7.83. The number of halogens is 4. The second-order valence-corrected chi connectivity index (χ2v) is 12.6. The Morgan fingerprint density at radius 1 is 1.00 bits per heavy atom. The van der Waals surface area contributed by atoms with Gasteiger partial charge in [-0.05, 0) is 69.7 Å². The lowest BCUT2D eigenvalue weighted by Crippen LogP contribution is -2.41. The van der Waals surface area contributed by atoms with Gasteiger partial charge in [-0.1, -0.05) is 25.4 Å². The number of rotatable bonds is 6. The average Bonchev–Trinajstić information content (AvgIpc) is 3.14. The van der Waals surface area contributed by atoms with E-state index in [0.717, 1.165) is 18.6 Å². The molecule has 2 aromatic heterocycles. The number of aryl methyl sites for hydroxylation is 1. The maximum atomic E-state index is 14.5. The molecule has 0 aliphatic carbocycles. The normalized spacial score (nSPS) is 16.4. The number of nitrogens with two attached hydrogens (primary N) is 1. The molecular formula is C31H36BClF3N3O4. The summed E-state index contributed by atoms with van der Waals surface area (Å²) in [6.07, 6.45) is 3.89. The van der Waals surface area contributed by atoms with Crippen molar-refractivity contribution in [1.29, 1.82) is 0 Å². The molecule has 1 aliphatic rings. The van der Waals surface area contributed by atoms with E-state index in [1.165, 1.54) is 16.8 Å². The summed E-state index contributed by atoms with van der Waals surface area (Å²) >= 11 is 5.51. The van der Waals surface area contributed by atoms with Gasteiger partial charge in [0.05, 0.1) is 27.1 Å². The highest BCUT2D eigenvalue weighted by molar-refractivity contribution is 6.62. The molecule has 0 amide bonds. The highest BCUT2D eigenvalue weighted by atomic mass is 35.5. The number of pyridine rings is 2. The molecule has 12 heteroatoms. The molecule has 2 N–H and O–H groups in total. The van der Waals surface area contributed by atoms with E-state index in [1.54, 1.807) is 25.4 Å². The lowest BCUT2D eigenvalue weighted by molar-refractivity contribution is 0.00578. The Balaban J connectivity index is 0.000000208. The predicted octanol–water partition coefficient (Wildman–Crippen LogP) is 5.90. The Morgan fingerprint density at radius 3 is 2.28 bits per heavy atom. The van der Waals surface area contributed by atoms with Crippen molar-refractivity contribution in [1.82, 2.24) is 9.55 Å². The fraction of sp³-hybridized carbons (Fsp3) is 0.419. The number of nitrogens with zero attached hydrogens (tertiary/aromatic N) is 2. The molecule has 5 rings (SSSR count). The Labute approximate surface area is 254 Å². The first kappa shape index (κ1) is 32.8. The van der Waals surface area contributed by atoms with E-state index in [1.807, 2.05) is 27.7 Å². The van der Waals surface area contributed by atoms with Gasteiger partial charge in [0.1, 0.15) is 18.2 Å². The summed E-state index contributed by atoms with van der Waals surface area (Å²) in [7, 11) is 0.727. The van der Waals surface area contributed by atoms with Crippen LogP contribution in [0.3, 0.4) is 0 Å². The Hall–Kier alpha value is -3.12. The molecule has 0 radical (unpaired) electrons. The molecule has 1 fully saturated rings. The molecule has 1 atom stereocenters. The van der Waals surface area contributed by atoms with E-state index < -0.39 is 35.8 Å². The predicted molar refractivity (Wildman–Crippen MR) is 164 cm³/mol. The van der Waals surface area contributed by atoms with Crippen LogP contribution in [-0.2, 0) is 16.4 Å². The number of hydrogen-bond donors (Lipinski definition) is 1. The van der Waals surface area contributed by atoms with Crippen LogP contribution in [0.5, 0.6) is 5.75 Å². The quantitative estimate of drug-likeness (QED) is 0.165. The molecular weight excluding hydrogens is 582 g/mol. The fourth-order valence-corrected chi connectivity index (χ4v) is 4.95. The van der Waals surface area contributed by atoms with Crippen LogP contribution in [0.4, 0.5) is 13.2 Å². The first-order valence-corrected chi connectivity index (χ1v) is 14.3. The van der Waals surface area contributed by atoms with Crippen LogP contribution in [-0.4, -0.2) is 40.5 Å². The van der Waals surface area contributed by atoms with Crippen LogP contribution in [0.1, 0.15) is 48.0 Å². The summed E-state index contributed by atoms with van der Waals surface area (Å²) in [4.78, 5) is 16.5. The number of hydrogen-bond acceptors (Lipinski definition) is 6. The number of benzene rings is 2. The topological polar surface area (TPSA) is 88.6 Å². The largest absolute Gasteiger partial charge is 0.497 e. The molecule has 4 aromatic rings. The van der Waals surface area contributed by atoms with Crippen molar-refractivity contribution >= 4 is 45.9 Å². The molecule has 0 spiro atoms. The first-order chi connectivity index (χ1) is 20.0. The molecule has 43 heavy (non-hydrogen) atoms. The van der Waals surface area contributed by atoms with Crippen molar-refractivity contribution in [2.45, 2.75) is 65.2 Å². The minimum absolute atomic E-state index is 0.0237. The number of ether oxygens (including phenoxy) is 1. The van der Waals surface area contributed by atoms with Crippen LogP contribution < -0.4 is 21.5 Å². The van der Waals surface area contributed by atoms with E-state index in [2.05, 4.69) is 18.8 Å². The zero-order valence-corrected chi connectivity index (χ0v) is 26.1. The van der Waals surface area contributed by atoms with Gasteiger partial charge in [-0.25, -0.2) is 13.2 Å².